The Bertz CT molecular complexity index is 497. The monoisotopic (exact) mass is 262 g/mol. The third-order valence-electron chi connectivity index (χ3n) is 2.80. The Hall–Kier alpha value is -2.04. The predicted molar refractivity (Wildman–Crippen MR) is 72.2 cm³/mol. The molecule has 2 rings (SSSR count). The van der Waals surface area contributed by atoms with Crippen molar-refractivity contribution in [2.24, 2.45) is 0 Å². The second-order valence-electron chi connectivity index (χ2n) is 4.88. The van der Waals surface area contributed by atoms with Crippen LogP contribution in [0, 0.1) is 0 Å². The Morgan fingerprint density at radius 2 is 2.21 bits per heavy atom. The number of hydrogen-bond donors (Lipinski definition) is 2. The Kier molecular flexibility index (Phi) is 4.04. The molecule has 0 bridgehead atoms. The molecule has 1 aliphatic heterocycles. The van der Waals surface area contributed by atoms with Crippen molar-refractivity contribution in [2.45, 2.75) is 32.7 Å². The highest BCUT2D eigenvalue weighted by atomic mass is 16.5. The topological polar surface area (TPSA) is 67.4 Å². The van der Waals surface area contributed by atoms with Gasteiger partial charge in [-0.1, -0.05) is 6.07 Å². The number of carbonyl (C=O) groups excluding carboxylic acids is 2. The van der Waals surface area contributed by atoms with Gasteiger partial charge in [-0.05, 0) is 31.9 Å². The van der Waals surface area contributed by atoms with Gasteiger partial charge in [-0.25, -0.2) is 0 Å². The van der Waals surface area contributed by atoms with Gasteiger partial charge in [0.15, 0.2) is 6.61 Å². The van der Waals surface area contributed by atoms with Crippen molar-refractivity contribution in [3.8, 4) is 5.75 Å². The molecule has 0 aromatic heterocycles. The van der Waals surface area contributed by atoms with Crippen LogP contribution in [0.1, 0.15) is 25.8 Å². The van der Waals surface area contributed by atoms with Gasteiger partial charge in [-0.15, -0.1) is 0 Å². The fraction of sp³-hybridized carbons (Fsp3) is 0.429. The predicted octanol–water partition coefficient (Wildman–Crippen LogP) is 1.47. The van der Waals surface area contributed by atoms with Crippen LogP contribution in [-0.4, -0.2) is 24.5 Å². The van der Waals surface area contributed by atoms with Crippen LogP contribution in [-0.2, 0) is 16.0 Å². The van der Waals surface area contributed by atoms with Gasteiger partial charge >= 0.3 is 0 Å². The Morgan fingerprint density at radius 3 is 2.95 bits per heavy atom. The highest BCUT2D eigenvalue weighted by Crippen LogP contribution is 2.26. The lowest BCUT2D eigenvalue weighted by Gasteiger charge is -2.17. The molecular weight excluding hydrogens is 244 g/mol. The van der Waals surface area contributed by atoms with E-state index in [0.29, 0.717) is 12.2 Å². The fourth-order valence-corrected chi connectivity index (χ4v) is 1.95. The molecule has 0 spiro atoms. The summed E-state index contributed by atoms with van der Waals surface area (Å²) in [6.07, 6.45) is 1.26. The maximum atomic E-state index is 11.5. The molecule has 1 aromatic carbocycles. The average molecular weight is 262 g/mol. The van der Waals surface area contributed by atoms with E-state index in [1.54, 1.807) is 6.07 Å². The Labute approximate surface area is 112 Å². The summed E-state index contributed by atoms with van der Waals surface area (Å²) in [5.74, 6) is 0.443. The summed E-state index contributed by atoms with van der Waals surface area (Å²) in [4.78, 5) is 22.8. The molecule has 0 fully saturated rings. The summed E-state index contributed by atoms with van der Waals surface area (Å²) in [6.45, 7) is 3.77. The van der Waals surface area contributed by atoms with Crippen molar-refractivity contribution in [3.05, 3.63) is 23.8 Å². The first-order valence-electron chi connectivity index (χ1n) is 6.39. The molecule has 1 aromatic rings. The van der Waals surface area contributed by atoms with Crippen molar-refractivity contribution in [1.29, 1.82) is 0 Å². The minimum absolute atomic E-state index is 0.0159. The number of amides is 2. The quantitative estimate of drug-likeness (QED) is 0.863. The molecule has 0 saturated heterocycles. The van der Waals surface area contributed by atoms with Gasteiger partial charge in [-0.3, -0.25) is 9.59 Å². The molecular formula is C14H18N2O3. The largest absolute Gasteiger partial charge is 0.484 e. The third-order valence-corrected chi connectivity index (χ3v) is 2.80. The molecule has 19 heavy (non-hydrogen) atoms. The SMILES string of the molecule is CC(C)NC(=O)COc1ccc2c(c1)NC(=O)CC2. The van der Waals surface area contributed by atoms with E-state index in [4.69, 9.17) is 4.74 Å². The molecule has 2 N–H and O–H groups in total. The first kappa shape index (κ1) is 13.4. The number of hydrogen-bond acceptors (Lipinski definition) is 3. The van der Waals surface area contributed by atoms with Crippen molar-refractivity contribution in [2.75, 3.05) is 11.9 Å². The summed E-state index contributed by atoms with van der Waals surface area (Å²) < 4.78 is 5.41. The first-order valence-corrected chi connectivity index (χ1v) is 6.39. The van der Waals surface area contributed by atoms with E-state index in [-0.39, 0.29) is 24.5 Å². The number of carbonyl (C=O) groups is 2. The number of ether oxygens (including phenoxy) is 1. The lowest BCUT2D eigenvalue weighted by atomic mass is 10.0. The van der Waals surface area contributed by atoms with Gasteiger partial charge in [0.2, 0.25) is 5.91 Å². The summed E-state index contributed by atoms with van der Waals surface area (Å²) in [5, 5.41) is 5.55. The first-order chi connectivity index (χ1) is 9.04. The molecule has 0 atom stereocenters. The number of fused-ring (bicyclic) bond motifs is 1. The van der Waals surface area contributed by atoms with Gasteiger partial charge in [0.05, 0.1) is 0 Å². The molecule has 5 heteroatoms. The van der Waals surface area contributed by atoms with Crippen LogP contribution < -0.4 is 15.4 Å². The maximum absolute atomic E-state index is 11.5. The van der Waals surface area contributed by atoms with Crippen LogP contribution >= 0.6 is 0 Å². The number of benzene rings is 1. The molecule has 5 nitrogen and oxygen atoms in total. The van der Waals surface area contributed by atoms with Crippen LogP contribution in [0.5, 0.6) is 5.75 Å². The van der Waals surface area contributed by atoms with Gasteiger partial charge in [0, 0.05) is 24.2 Å². The van der Waals surface area contributed by atoms with Gasteiger partial charge in [0.1, 0.15) is 5.75 Å². The summed E-state index contributed by atoms with van der Waals surface area (Å²) in [6, 6.07) is 5.59. The molecule has 0 radical (unpaired) electrons. The highest BCUT2D eigenvalue weighted by Gasteiger charge is 2.15. The zero-order chi connectivity index (χ0) is 13.8. The summed E-state index contributed by atoms with van der Waals surface area (Å²) in [7, 11) is 0. The van der Waals surface area contributed by atoms with Crippen LogP contribution in [0.15, 0.2) is 18.2 Å². The molecule has 2 amide bonds. The van der Waals surface area contributed by atoms with Crippen LogP contribution in [0.25, 0.3) is 0 Å². The van der Waals surface area contributed by atoms with Crippen molar-refractivity contribution >= 4 is 17.5 Å². The number of anilines is 1. The minimum Gasteiger partial charge on any atom is -0.484 e. The maximum Gasteiger partial charge on any atom is 0.258 e. The normalized spacial score (nSPS) is 13.7. The third kappa shape index (κ3) is 3.71. The number of rotatable bonds is 4. The number of aryl methyl sites for hydroxylation is 1. The second-order valence-corrected chi connectivity index (χ2v) is 4.88. The van der Waals surface area contributed by atoms with Crippen LogP contribution in [0.3, 0.4) is 0 Å². The van der Waals surface area contributed by atoms with Gasteiger partial charge in [0.25, 0.3) is 5.91 Å². The lowest BCUT2D eigenvalue weighted by molar-refractivity contribution is -0.123. The summed E-state index contributed by atoms with van der Waals surface area (Å²) >= 11 is 0. The summed E-state index contributed by atoms with van der Waals surface area (Å²) in [5.41, 5.74) is 1.87. The van der Waals surface area contributed by atoms with E-state index in [0.717, 1.165) is 17.7 Å². The van der Waals surface area contributed by atoms with E-state index >= 15 is 0 Å². The van der Waals surface area contributed by atoms with Crippen LogP contribution in [0.2, 0.25) is 0 Å². The van der Waals surface area contributed by atoms with E-state index < -0.39 is 0 Å². The second kappa shape index (κ2) is 5.73. The van der Waals surface area contributed by atoms with Gasteiger partial charge < -0.3 is 15.4 Å². The molecule has 1 heterocycles. The highest BCUT2D eigenvalue weighted by molar-refractivity contribution is 5.94. The Balaban J connectivity index is 1.96. The van der Waals surface area contributed by atoms with E-state index in [2.05, 4.69) is 10.6 Å². The van der Waals surface area contributed by atoms with E-state index in [1.807, 2.05) is 26.0 Å². The lowest BCUT2D eigenvalue weighted by Crippen LogP contribution is -2.34. The zero-order valence-corrected chi connectivity index (χ0v) is 11.2. The van der Waals surface area contributed by atoms with Crippen molar-refractivity contribution in [3.63, 3.8) is 0 Å². The molecule has 0 unspecified atom stereocenters. The zero-order valence-electron chi connectivity index (χ0n) is 11.2. The molecule has 1 aliphatic rings. The van der Waals surface area contributed by atoms with Crippen molar-refractivity contribution < 1.29 is 14.3 Å². The van der Waals surface area contributed by atoms with E-state index in [1.165, 1.54) is 0 Å². The van der Waals surface area contributed by atoms with Crippen molar-refractivity contribution in [1.82, 2.24) is 5.32 Å². The molecule has 0 saturated carbocycles. The van der Waals surface area contributed by atoms with E-state index in [9.17, 15) is 9.59 Å². The minimum atomic E-state index is -0.156. The Morgan fingerprint density at radius 1 is 1.42 bits per heavy atom. The molecule has 0 aliphatic carbocycles. The number of nitrogens with one attached hydrogen (secondary N) is 2. The standard InChI is InChI=1S/C14H18N2O3/c1-9(2)15-14(18)8-19-11-5-3-10-4-6-13(17)16-12(10)7-11/h3,5,7,9H,4,6,8H2,1-2H3,(H,15,18)(H,16,17). The van der Waals surface area contributed by atoms with Crippen LogP contribution in [0.4, 0.5) is 5.69 Å². The fourth-order valence-electron chi connectivity index (χ4n) is 1.95. The molecule has 102 valence electrons. The van der Waals surface area contributed by atoms with Gasteiger partial charge in [-0.2, -0.15) is 0 Å². The average Bonchev–Trinajstić information content (AvgIpc) is 2.35. The smallest absolute Gasteiger partial charge is 0.258 e.